The van der Waals surface area contributed by atoms with E-state index in [9.17, 15) is 18.8 Å². The van der Waals surface area contributed by atoms with E-state index in [1.165, 1.54) is 0 Å². The summed E-state index contributed by atoms with van der Waals surface area (Å²) in [7, 11) is 0. The Morgan fingerprint density at radius 1 is 1.22 bits per heavy atom. The zero-order valence-corrected chi connectivity index (χ0v) is 15.0. The van der Waals surface area contributed by atoms with Crippen LogP contribution in [0.5, 0.6) is 0 Å². The highest BCUT2D eigenvalue weighted by atomic mass is 19.1. The van der Waals surface area contributed by atoms with Gasteiger partial charge in [-0.2, -0.15) is 0 Å². The number of hydrogen-bond acceptors (Lipinski definition) is 5. The van der Waals surface area contributed by atoms with E-state index < -0.39 is 18.6 Å². The summed E-state index contributed by atoms with van der Waals surface area (Å²) in [6, 6.07) is 5.00. The van der Waals surface area contributed by atoms with Crippen LogP contribution in [0.1, 0.15) is 34.3 Å². The number of amides is 3. The van der Waals surface area contributed by atoms with Crippen molar-refractivity contribution in [2.45, 2.75) is 38.0 Å². The molecule has 0 aromatic heterocycles. The van der Waals surface area contributed by atoms with Crippen molar-refractivity contribution in [1.82, 2.24) is 20.4 Å². The summed E-state index contributed by atoms with van der Waals surface area (Å²) in [5.41, 5.74) is 2.45. The molecule has 0 saturated carbocycles. The van der Waals surface area contributed by atoms with Gasteiger partial charge in [-0.25, -0.2) is 4.39 Å². The number of carbonyl (C=O) groups excluding carboxylic acids is 3. The summed E-state index contributed by atoms with van der Waals surface area (Å²) in [6.45, 7) is 2.78. The van der Waals surface area contributed by atoms with Gasteiger partial charge in [-0.05, 0) is 23.6 Å². The summed E-state index contributed by atoms with van der Waals surface area (Å²) in [4.78, 5) is 40.0. The lowest BCUT2D eigenvalue weighted by molar-refractivity contribution is -0.136. The third-order valence-corrected chi connectivity index (χ3v) is 5.63. The van der Waals surface area contributed by atoms with Crippen molar-refractivity contribution in [2.24, 2.45) is 0 Å². The minimum absolute atomic E-state index is 0.150. The minimum atomic E-state index is -0.602. The van der Waals surface area contributed by atoms with Crippen LogP contribution in [0.2, 0.25) is 0 Å². The van der Waals surface area contributed by atoms with E-state index in [0.29, 0.717) is 31.6 Å². The van der Waals surface area contributed by atoms with Gasteiger partial charge in [0.1, 0.15) is 12.7 Å². The number of piperidine rings is 1. The monoisotopic (exact) mass is 374 g/mol. The Balaban J connectivity index is 1.49. The normalized spacial score (nSPS) is 26.3. The molecule has 144 valence electrons. The Labute approximate surface area is 156 Å². The fourth-order valence-corrected chi connectivity index (χ4v) is 4.10. The molecule has 3 amide bonds. The van der Waals surface area contributed by atoms with Crippen molar-refractivity contribution in [1.29, 1.82) is 0 Å². The SMILES string of the molecule is O=C1CCC(N2Cc3ccc(CN4CCNCC4CF)cc3C2=O)C(=O)N1. The van der Waals surface area contributed by atoms with E-state index in [1.807, 2.05) is 18.2 Å². The highest BCUT2D eigenvalue weighted by Gasteiger charge is 2.39. The first-order chi connectivity index (χ1) is 13.1. The molecular weight excluding hydrogens is 351 g/mol. The molecule has 27 heavy (non-hydrogen) atoms. The molecule has 3 aliphatic rings. The van der Waals surface area contributed by atoms with Crippen molar-refractivity contribution < 1.29 is 18.8 Å². The average molecular weight is 374 g/mol. The van der Waals surface area contributed by atoms with Crippen LogP contribution in [-0.4, -0.2) is 65.9 Å². The number of rotatable bonds is 4. The van der Waals surface area contributed by atoms with E-state index in [2.05, 4.69) is 15.5 Å². The predicted octanol–water partition coefficient (Wildman–Crippen LogP) is 0.191. The first-order valence-electron chi connectivity index (χ1n) is 9.34. The second-order valence-electron chi connectivity index (χ2n) is 7.37. The molecule has 2 saturated heterocycles. The zero-order chi connectivity index (χ0) is 19.0. The Morgan fingerprint density at radius 2 is 2.07 bits per heavy atom. The maximum absolute atomic E-state index is 13.2. The standard InChI is InChI=1S/C19H23FN4O3/c20-8-14-9-21-5-6-23(14)10-12-1-2-13-11-24(19(27)15(13)7-12)16-3-4-17(25)22-18(16)26/h1-2,7,14,16,21H,3-6,8-11H2,(H,22,25,26). The number of nitrogens with one attached hydrogen (secondary N) is 2. The quantitative estimate of drug-likeness (QED) is 0.736. The van der Waals surface area contributed by atoms with Crippen LogP contribution in [0.25, 0.3) is 0 Å². The molecule has 2 unspecified atom stereocenters. The van der Waals surface area contributed by atoms with Crippen LogP contribution in [0.15, 0.2) is 18.2 Å². The zero-order valence-electron chi connectivity index (χ0n) is 15.0. The van der Waals surface area contributed by atoms with Crippen molar-refractivity contribution in [3.63, 3.8) is 0 Å². The topological polar surface area (TPSA) is 81.8 Å². The molecule has 0 aliphatic carbocycles. The van der Waals surface area contributed by atoms with Crippen molar-refractivity contribution >= 4 is 17.7 Å². The second kappa shape index (κ2) is 7.36. The molecule has 3 heterocycles. The Hall–Kier alpha value is -2.32. The van der Waals surface area contributed by atoms with Gasteiger partial charge in [0.15, 0.2) is 0 Å². The summed E-state index contributed by atoms with van der Waals surface area (Å²) in [5.74, 6) is -0.871. The molecule has 4 rings (SSSR count). The lowest BCUT2D eigenvalue weighted by Crippen LogP contribution is -2.52. The second-order valence-corrected chi connectivity index (χ2v) is 7.37. The fourth-order valence-electron chi connectivity index (χ4n) is 4.10. The molecule has 1 aromatic rings. The molecule has 1 aromatic carbocycles. The lowest BCUT2D eigenvalue weighted by atomic mass is 10.0. The minimum Gasteiger partial charge on any atom is -0.322 e. The van der Waals surface area contributed by atoms with Gasteiger partial charge in [-0.15, -0.1) is 0 Å². The van der Waals surface area contributed by atoms with Crippen LogP contribution in [0, 0.1) is 0 Å². The first kappa shape index (κ1) is 18.1. The molecule has 2 fully saturated rings. The van der Waals surface area contributed by atoms with Crippen LogP contribution in [-0.2, 0) is 22.7 Å². The molecule has 8 heteroatoms. The largest absolute Gasteiger partial charge is 0.322 e. The maximum atomic E-state index is 13.2. The van der Waals surface area contributed by atoms with Crippen molar-refractivity contribution in [3.05, 3.63) is 34.9 Å². The van der Waals surface area contributed by atoms with Gasteiger partial charge in [0, 0.05) is 44.7 Å². The van der Waals surface area contributed by atoms with Crippen LogP contribution in [0.3, 0.4) is 0 Å². The number of carbonyl (C=O) groups is 3. The van der Waals surface area contributed by atoms with Crippen molar-refractivity contribution in [2.75, 3.05) is 26.3 Å². The van der Waals surface area contributed by atoms with Gasteiger partial charge in [0.25, 0.3) is 5.91 Å². The number of benzene rings is 1. The number of piperazine rings is 1. The van der Waals surface area contributed by atoms with E-state index in [-0.39, 0.29) is 24.3 Å². The van der Waals surface area contributed by atoms with Gasteiger partial charge in [-0.1, -0.05) is 12.1 Å². The third kappa shape index (κ3) is 3.46. The number of alkyl halides is 1. The number of halogens is 1. The molecule has 7 nitrogen and oxygen atoms in total. The van der Waals surface area contributed by atoms with Gasteiger partial charge in [-0.3, -0.25) is 24.6 Å². The Bertz CT molecular complexity index is 784. The predicted molar refractivity (Wildman–Crippen MR) is 95.5 cm³/mol. The first-order valence-corrected chi connectivity index (χ1v) is 9.34. The Kier molecular flexibility index (Phi) is 4.92. The summed E-state index contributed by atoms with van der Waals surface area (Å²) in [6.07, 6.45) is 0.603. The number of hydrogen-bond donors (Lipinski definition) is 2. The van der Waals surface area contributed by atoms with Gasteiger partial charge in [0.05, 0.1) is 6.04 Å². The number of nitrogens with zero attached hydrogens (tertiary/aromatic N) is 2. The summed E-state index contributed by atoms with van der Waals surface area (Å²) in [5, 5.41) is 5.51. The van der Waals surface area contributed by atoms with E-state index in [0.717, 1.165) is 24.2 Å². The number of fused-ring (bicyclic) bond motifs is 1. The lowest BCUT2D eigenvalue weighted by Gasteiger charge is -2.34. The molecule has 3 aliphatic heterocycles. The molecule has 0 spiro atoms. The molecule has 2 atom stereocenters. The van der Waals surface area contributed by atoms with Gasteiger partial charge < -0.3 is 10.2 Å². The highest BCUT2D eigenvalue weighted by Crippen LogP contribution is 2.28. The molecular formula is C19H23FN4O3. The average Bonchev–Trinajstić information content (AvgIpc) is 2.98. The van der Waals surface area contributed by atoms with E-state index in [1.54, 1.807) is 4.90 Å². The molecule has 0 radical (unpaired) electrons. The molecule has 2 N–H and O–H groups in total. The van der Waals surface area contributed by atoms with Crippen LogP contribution in [0.4, 0.5) is 4.39 Å². The maximum Gasteiger partial charge on any atom is 0.255 e. The number of imide groups is 1. The third-order valence-electron chi connectivity index (χ3n) is 5.63. The van der Waals surface area contributed by atoms with Crippen LogP contribution < -0.4 is 10.6 Å². The smallest absolute Gasteiger partial charge is 0.255 e. The highest BCUT2D eigenvalue weighted by molar-refractivity contribution is 6.05. The van der Waals surface area contributed by atoms with Crippen LogP contribution >= 0.6 is 0 Å². The summed E-state index contributed by atoms with van der Waals surface area (Å²) < 4.78 is 13.2. The van der Waals surface area contributed by atoms with Gasteiger partial charge in [0.2, 0.25) is 11.8 Å². The van der Waals surface area contributed by atoms with Crippen molar-refractivity contribution in [3.8, 4) is 0 Å². The fraction of sp³-hybridized carbons (Fsp3) is 0.526. The van der Waals surface area contributed by atoms with E-state index in [4.69, 9.17) is 0 Å². The van der Waals surface area contributed by atoms with E-state index >= 15 is 0 Å². The van der Waals surface area contributed by atoms with Gasteiger partial charge >= 0.3 is 0 Å². The Morgan fingerprint density at radius 3 is 2.85 bits per heavy atom. The molecule has 0 bridgehead atoms. The summed E-state index contributed by atoms with van der Waals surface area (Å²) >= 11 is 0.